The van der Waals surface area contributed by atoms with Crippen molar-refractivity contribution in [2.24, 2.45) is 0 Å². The molecule has 2 heterocycles. The van der Waals surface area contributed by atoms with E-state index in [1.807, 2.05) is 13.0 Å². The van der Waals surface area contributed by atoms with Crippen LogP contribution in [0.25, 0.3) is 16.8 Å². The molecule has 4 rings (SSSR count). The molecule has 0 fully saturated rings. The molecule has 2 aromatic heterocycles. The number of fused-ring (bicyclic) bond motifs is 1. The molecular formula is C22H19FN2O4S. The van der Waals surface area contributed by atoms with Crippen LogP contribution in [0.3, 0.4) is 0 Å². The summed E-state index contributed by atoms with van der Waals surface area (Å²) in [4.78, 5) is 14.9. The second-order valence-corrected chi connectivity index (χ2v) is 9.32. The predicted octanol–water partition coefficient (Wildman–Crippen LogP) is 4.08. The summed E-state index contributed by atoms with van der Waals surface area (Å²) in [5, 5.41) is 0. The summed E-state index contributed by atoms with van der Waals surface area (Å²) in [7, 11) is -3.24. The molecule has 2 aromatic carbocycles. The van der Waals surface area contributed by atoms with E-state index in [0.29, 0.717) is 33.8 Å². The first-order valence-electron chi connectivity index (χ1n) is 9.15. The first-order chi connectivity index (χ1) is 14.2. The van der Waals surface area contributed by atoms with Gasteiger partial charge in [-0.1, -0.05) is 6.07 Å². The van der Waals surface area contributed by atoms with Gasteiger partial charge in [-0.15, -0.1) is 0 Å². The summed E-state index contributed by atoms with van der Waals surface area (Å²) in [5.74, 6) is 0.390. The second-order valence-electron chi connectivity index (χ2n) is 7.18. The van der Waals surface area contributed by atoms with Crippen molar-refractivity contribution in [1.82, 2.24) is 9.38 Å². The van der Waals surface area contributed by atoms with Crippen LogP contribution in [0, 0.1) is 12.7 Å². The Morgan fingerprint density at radius 2 is 1.83 bits per heavy atom. The molecule has 0 saturated heterocycles. The van der Waals surface area contributed by atoms with Crippen LogP contribution >= 0.6 is 0 Å². The quantitative estimate of drug-likeness (QED) is 0.521. The standard InChI is InChI=1S/C22H19FN2O4S/c1-14-11-19(25-10-9-24-22(26)21(14)25)18-12-15(13-30(2,27)28)3-8-20(18)29-17-6-4-16(23)5-7-17/h3-12H,13H2,1-2H3,(H,24,26). The Kier molecular flexibility index (Phi) is 4.95. The summed E-state index contributed by atoms with van der Waals surface area (Å²) in [6, 6.07) is 12.6. The van der Waals surface area contributed by atoms with E-state index in [-0.39, 0.29) is 17.1 Å². The van der Waals surface area contributed by atoms with E-state index in [1.165, 1.54) is 30.5 Å². The van der Waals surface area contributed by atoms with Crippen LogP contribution in [0.15, 0.2) is 65.7 Å². The van der Waals surface area contributed by atoms with E-state index in [1.54, 1.807) is 35.0 Å². The molecule has 0 aliphatic carbocycles. The van der Waals surface area contributed by atoms with Crippen molar-refractivity contribution in [3.05, 3.63) is 88.2 Å². The predicted molar refractivity (Wildman–Crippen MR) is 113 cm³/mol. The lowest BCUT2D eigenvalue weighted by atomic mass is 10.1. The molecule has 0 spiro atoms. The third-order valence-corrected chi connectivity index (χ3v) is 5.53. The maximum absolute atomic E-state index is 13.2. The number of H-pyrrole nitrogens is 1. The summed E-state index contributed by atoms with van der Waals surface area (Å²) in [6.07, 6.45) is 4.44. The number of aryl methyl sites for hydroxylation is 1. The first-order valence-corrected chi connectivity index (χ1v) is 11.2. The Hall–Kier alpha value is -3.39. The highest BCUT2D eigenvalue weighted by atomic mass is 32.2. The second kappa shape index (κ2) is 7.46. The van der Waals surface area contributed by atoms with Crippen LogP contribution in [0.5, 0.6) is 11.5 Å². The van der Waals surface area contributed by atoms with Crippen molar-refractivity contribution in [1.29, 1.82) is 0 Å². The van der Waals surface area contributed by atoms with Gasteiger partial charge < -0.3 is 14.1 Å². The van der Waals surface area contributed by atoms with Gasteiger partial charge in [-0.3, -0.25) is 4.79 Å². The van der Waals surface area contributed by atoms with Crippen molar-refractivity contribution in [3.63, 3.8) is 0 Å². The third kappa shape index (κ3) is 3.99. The fourth-order valence-electron chi connectivity index (χ4n) is 3.45. The SMILES string of the molecule is Cc1cc(-c2cc(CS(C)(=O)=O)ccc2Oc2ccc(F)cc2)n2cc[nH]c(=O)c12. The van der Waals surface area contributed by atoms with E-state index in [2.05, 4.69) is 4.98 Å². The molecule has 0 saturated carbocycles. The minimum absolute atomic E-state index is 0.125. The summed E-state index contributed by atoms with van der Waals surface area (Å²) in [6.45, 7) is 1.83. The molecule has 4 aromatic rings. The Labute approximate surface area is 172 Å². The summed E-state index contributed by atoms with van der Waals surface area (Å²) < 4.78 is 44.6. The number of aromatic amines is 1. The van der Waals surface area contributed by atoms with Gasteiger partial charge in [0.05, 0.1) is 11.4 Å². The zero-order valence-corrected chi connectivity index (χ0v) is 17.2. The van der Waals surface area contributed by atoms with Crippen molar-refractivity contribution >= 4 is 15.4 Å². The Morgan fingerprint density at radius 1 is 1.10 bits per heavy atom. The van der Waals surface area contributed by atoms with Gasteiger partial charge >= 0.3 is 0 Å². The van der Waals surface area contributed by atoms with Crippen molar-refractivity contribution in [3.8, 4) is 22.8 Å². The highest BCUT2D eigenvalue weighted by molar-refractivity contribution is 7.89. The molecule has 0 atom stereocenters. The number of sulfone groups is 1. The van der Waals surface area contributed by atoms with E-state index >= 15 is 0 Å². The van der Waals surface area contributed by atoms with Gasteiger partial charge in [0.15, 0.2) is 9.84 Å². The lowest BCUT2D eigenvalue weighted by Gasteiger charge is -2.13. The van der Waals surface area contributed by atoms with Gasteiger partial charge in [0.1, 0.15) is 22.8 Å². The molecule has 0 amide bonds. The minimum Gasteiger partial charge on any atom is -0.457 e. The zero-order chi connectivity index (χ0) is 21.5. The Bertz CT molecular complexity index is 1400. The van der Waals surface area contributed by atoms with Crippen LogP contribution in [0.4, 0.5) is 4.39 Å². The summed E-state index contributed by atoms with van der Waals surface area (Å²) >= 11 is 0. The number of benzene rings is 2. The smallest absolute Gasteiger partial charge is 0.272 e. The van der Waals surface area contributed by atoms with E-state index in [0.717, 1.165) is 5.56 Å². The molecule has 8 heteroatoms. The zero-order valence-electron chi connectivity index (χ0n) is 16.3. The van der Waals surface area contributed by atoms with Gasteiger partial charge in [-0.25, -0.2) is 12.8 Å². The van der Waals surface area contributed by atoms with E-state index in [9.17, 15) is 17.6 Å². The molecule has 0 bridgehead atoms. The van der Waals surface area contributed by atoms with Gasteiger partial charge in [0.2, 0.25) is 0 Å². The first kappa shape index (κ1) is 19.9. The maximum atomic E-state index is 13.2. The van der Waals surface area contributed by atoms with Crippen LogP contribution in [-0.4, -0.2) is 24.1 Å². The molecule has 30 heavy (non-hydrogen) atoms. The van der Waals surface area contributed by atoms with Crippen LogP contribution < -0.4 is 10.3 Å². The molecule has 154 valence electrons. The molecule has 0 radical (unpaired) electrons. The fraction of sp³-hybridized carbons (Fsp3) is 0.136. The number of nitrogens with zero attached hydrogens (tertiary/aromatic N) is 1. The molecule has 0 unspecified atom stereocenters. The van der Waals surface area contributed by atoms with Crippen LogP contribution in [-0.2, 0) is 15.6 Å². The monoisotopic (exact) mass is 426 g/mol. The van der Waals surface area contributed by atoms with E-state index in [4.69, 9.17) is 4.74 Å². The van der Waals surface area contributed by atoms with Crippen molar-refractivity contribution in [2.75, 3.05) is 6.26 Å². The van der Waals surface area contributed by atoms with Crippen molar-refractivity contribution < 1.29 is 17.5 Å². The minimum atomic E-state index is -3.24. The topological polar surface area (TPSA) is 80.6 Å². The Morgan fingerprint density at radius 3 is 2.53 bits per heavy atom. The number of hydrogen-bond acceptors (Lipinski definition) is 4. The molecule has 1 N–H and O–H groups in total. The van der Waals surface area contributed by atoms with Gasteiger partial charge in [0, 0.05) is 24.2 Å². The van der Waals surface area contributed by atoms with Gasteiger partial charge in [-0.05, 0) is 60.5 Å². The molecule has 0 aliphatic rings. The number of nitrogens with one attached hydrogen (secondary N) is 1. The molecule has 6 nitrogen and oxygen atoms in total. The van der Waals surface area contributed by atoms with Crippen LogP contribution in [0.1, 0.15) is 11.1 Å². The number of aromatic nitrogens is 2. The highest BCUT2D eigenvalue weighted by Crippen LogP contribution is 2.36. The Balaban J connectivity index is 1.91. The van der Waals surface area contributed by atoms with Crippen molar-refractivity contribution in [2.45, 2.75) is 12.7 Å². The number of hydrogen-bond donors (Lipinski definition) is 1. The average molecular weight is 426 g/mol. The molecule has 0 aliphatic heterocycles. The fourth-order valence-corrected chi connectivity index (χ4v) is 4.23. The van der Waals surface area contributed by atoms with E-state index < -0.39 is 9.84 Å². The number of rotatable bonds is 5. The largest absolute Gasteiger partial charge is 0.457 e. The van der Waals surface area contributed by atoms with Crippen LogP contribution in [0.2, 0.25) is 0 Å². The average Bonchev–Trinajstić information content (AvgIpc) is 3.01. The third-order valence-electron chi connectivity index (χ3n) is 4.67. The lowest BCUT2D eigenvalue weighted by Crippen LogP contribution is -2.09. The molecular weight excluding hydrogens is 407 g/mol. The highest BCUT2D eigenvalue weighted by Gasteiger charge is 2.17. The van der Waals surface area contributed by atoms with Gasteiger partial charge in [0.25, 0.3) is 5.56 Å². The van der Waals surface area contributed by atoms with Gasteiger partial charge in [-0.2, -0.15) is 0 Å². The summed E-state index contributed by atoms with van der Waals surface area (Å²) in [5.41, 5.74) is 2.93. The number of ether oxygens (including phenoxy) is 1. The normalized spacial score (nSPS) is 11.7. The maximum Gasteiger partial charge on any atom is 0.272 e. The number of halogens is 1. The lowest BCUT2D eigenvalue weighted by molar-refractivity contribution is 0.482.